The van der Waals surface area contributed by atoms with Gasteiger partial charge >= 0.3 is 0 Å². The molecule has 3 aromatic rings. The van der Waals surface area contributed by atoms with E-state index in [9.17, 15) is 14.7 Å². The lowest BCUT2D eigenvalue weighted by Gasteiger charge is -2.38. The second-order valence-electron chi connectivity index (χ2n) is 10.3. The zero-order valence-electron chi connectivity index (χ0n) is 21.1. The predicted octanol–water partition coefficient (Wildman–Crippen LogP) is 2.60. The molecule has 1 amide bonds. The maximum Gasteiger partial charge on any atom is 0.262 e. The third-order valence-electron chi connectivity index (χ3n) is 7.26. The summed E-state index contributed by atoms with van der Waals surface area (Å²) in [4.78, 5) is 31.7. The van der Waals surface area contributed by atoms with Gasteiger partial charge in [-0.15, -0.1) is 0 Å². The molecule has 3 aliphatic rings. The van der Waals surface area contributed by atoms with Crippen molar-refractivity contribution in [1.29, 1.82) is 0 Å². The average Bonchev–Trinajstić information content (AvgIpc) is 3.70. The van der Waals surface area contributed by atoms with Crippen LogP contribution in [0.15, 0.2) is 47.5 Å². The number of carbonyl (C=O) groups excluding carboxylic acids is 1. The van der Waals surface area contributed by atoms with Crippen LogP contribution in [0.25, 0.3) is 16.7 Å². The van der Waals surface area contributed by atoms with E-state index >= 15 is 0 Å². The van der Waals surface area contributed by atoms with Gasteiger partial charge in [0.05, 0.1) is 30.2 Å². The third-order valence-corrected chi connectivity index (χ3v) is 7.54. The van der Waals surface area contributed by atoms with Crippen LogP contribution in [-0.2, 0) is 16.1 Å². The number of para-hydroxylation sites is 1. The van der Waals surface area contributed by atoms with Gasteiger partial charge in [-0.3, -0.25) is 18.7 Å². The van der Waals surface area contributed by atoms with Crippen molar-refractivity contribution in [2.45, 2.75) is 50.9 Å². The molecule has 0 spiro atoms. The number of fused-ring (bicyclic) bond motifs is 1. The Morgan fingerprint density at radius 1 is 1.24 bits per heavy atom. The second-order valence-corrected chi connectivity index (χ2v) is 10.6. The summed E-state index contributed by atoms with van der Waals surface area (Å²) in [6, 6.07) is 11.1. The van der Waals surface area contributed by atoms with Gasteiger partial charge < -0.3 is 20.1 Å². The summed E-state index contributed by atoms with van der Waals surface area (Å²) >= 11 is 6.41. The van der Waals surface area contributed by atoms with Crippen molar-refractivity contribution in [2.24, 2.45) is 5.92 Å². The molecule has 2 saturated heterocycles. The minimum Gasteiger partial charge on any atom is -0.388 e. The molecule has 1 unspecified atom stereocenters. The average molecular weight is 528 g/mol. The fraction of sp³-hybridized carbons (Fsp3) is 0.519. The maximum atomic E-state index is 13.1. The maximum absolute atomic E-state index is 13.1. The number of amides is 1. The molecular weight excluding hydrogens is 494 g/mol. The Morgan fingerprint density at radius 2 is 1.97 bits per heavy atom. The van der Waals surface area contributed by atoms with Crippen molar-refractivity contribution in [3.63, 3.8) is 0 Å². The fourth-order valence-electron chi connectivity index (χ4n) is 4.92. The Bertz CT molecular complexity index is 1290. The van der Waals surface area contributed by atoms with E-state index in [0.717, 1.165) is 38.2 Å². The Hall–Kier alpha value is -2.72. The predicted molar refractivity (Wildman–Crippen MR) is 142 cm³/mol. The van der Waals surface area contributed by atoms with Crippen molar-refractivity contribution < 1.29 is 14.6 Å². The van der Waals surface area contributed by atoms with Gasteiger partial charge in [-0.25, -0.2) is 4.98 Å². The molecule has 1 atom stereocenters. The van der Waals surface area contributed by atoms with Gasteiger partial charge in [-0.2, -0.15) is 0 Å². The first-order valence-corrected chi connectivity index (χ1v) is 13.4. The summed E-state index contributed by atoms with van der Waals surface area (Å²) in [5, 5.41) is 15.1. The van der Waals surface area contributed by atoms with Crippen LogP contribution in [0.3, 0.4) is 0 Å². The van der Waals surface area contributed by atoms with E-state index in [2.05, 4.69) is 17.2 Å². The number of rotatable bonds is 4. The Balaban J connectivity index is 0.000000348. The molecule has 2 aliphatic heterocycles. The highest BCUT2D eigenvalue weighted by atomic mass is 35.5. The Labute approximate surface area is 221 Å². The van der Waals surface area contributed by atoms with Gasteiger partial charge in [-0.05, 0) is 50.8 Å². The van der Waals surface area contributed by atoms with Crippen LogP contribution < -0.4 is 10.9 Å². The SMILES string of the molecule is CC1CNCCO1.O=C(C1CC1)N1CCC(O)(Cn2cnc3c(cc(Cl)n3-c3ccccc3)c2=O)CC1. The Morgan fingerprint density at radius 3 is 2.57 bits per heavy atom. The number of aromatic nitrogens is 3. The fourth-order valence-corrected chi connectivity index (χ4v) is 5.21. The second kappa shape index (κ2) is 10.9. The van der Waals surface area contributed by atoms with E-state index in [1.54, 1.807) is 10.6 Å². The lowest BCUT2D eigenvalue weighted by Crippen LogP contribution is -2.50. The third kappa shape index (κ3) is 5.90. The summed E-state index contributed by atoms with van der Waals surface area (Å²) in [7, 11) is 0. The summed E-state index contributed by atoms with van der Waals surface area (Å²) in [5.41, 5.74) is 0.0462. The van der Waals surface area contributed by atoms with Crippen molar-refractivity contribution in [1.82, 2.24) is 24.3 Å². The lowest BCUT2D eigenvalue weighted by molar-refractivity contribution is -0.137. The normalized spacial score (nSPS) is 21.4. The van der Waals surface area contributed by atoms with Crippen LogP contribution in [0.5, 0.6) is 0 Å². The summed E-state index contributed by atoms with van der Waals surface area (Å²) in [6.07, 6.45) is 4.75. The van der Waals surface area contributed by atoms with Crippen LogP contribution in [0.4, 0.5) is 0 Å². The number of carbonyl (C=O) groups is 1. The molecule has 1 aromatic carbocycles. The van der Waals surface area contributed by atoms with Gasteiger partial charge in [0.2, 0.25) is 5.91 Å². The molecule has 198 valence electrons. The van der Waals surface area contributed by atoms with E-state index in [1.807, 2.05) is 35.2 Å². The first kappa shape index (κ1) is 25.9. The number of nitrogens with zero attached hydrogens (tertiary/aromatic N) is 4. The molecule has 2 N–H and O–H groups in total. The van der Waals surface area contributed by atoms with Gasteiger partial charge in [0.1, 0.15) is 11.5 Å². The number of hydrogen-bond acceptors (Lipinski definition) is 6. The van der Waals surface area contributed by atoms with Crippen LogP contribution in [0.1, 0.15) is 32.6 Å². The highest BCUT2D eigenvalue weighted by Gasteiger charge is 2.39. The number of halogens is 1. The number of likely N-dealkylation sites (tertiary alicyclic amines) is 1. The Kier molecular flexibility index (Phi) is 7.67. The van der Waals surface area contributed by atoms with E-state index in [4.69, 9.17) is 16.3 Å². The number of hydrogen-bond donors (Lipinski definition) is 2. The van der Waals surface area contributed by atoms with Gasteiger partial charge in [0.25, 0.3) is 5.56 Å². The van der Waals surface area contributed by atoms with Crippen LogP contribution in [-0.4, -0.2) is 74.5 Å². The number of benzene rings is 1. The minimum atomic E-state index is -1.04. The largest absolute Gasteiger partial charge is 0.388 e. The standard InChI is InChI=1S/C22H23ClN4O3.C5H11NO/c23-18-12-17-19(27(18)16-4-2-1-3-5-16)24-14-26(21(17)29)13-22(30)8-10-25(11-9-22)20(28)15-6-7-15;1-5-4-6-2-3-7-5/h1-5,12,14-15,30H,6-11,13H2;5-6H,2-4H2,1H3. The molecule has 6 rings (SSSR count). The zero-order valence-corrected chi connectivity index (χ0v) is 21.9. The first-order chi connectivity index (χ1) is 17.8. The molecule has 4 heterocycles. The molecule has 37 heavy (non-hydrogen) atoms. The summed E-state index contributed by atoms with van der Waals surface area (Å²) < 4.78 is 8.40. The molecule has 1 saturated carbocycles. The van der Waals surface area contributed by atoms with E-state index in [-0.39, 0.29) is 23.9 Å². The lowest BCUT2D eigenvalue weighted by atomic mass is 9.91. The topological polar surface area (TPSA) is 102 Å². The highest BCUT2D eigenvalue weighted by Crippen LogP contribution is 2.33. The minimum absolute atomic E-state index is 0.147. The van der Waals surface area contributed by atoms with Crippen LogP contribution in [0.2, 0.25) is 5.15 Å². The summed E-state index contributed by atoms with van der Waals surface area (Å²) in [5.74, 6) is 0.387. The quantitative estimate of drug-likeness (QED) is 0.541. The molecule has 10 heteroatoms. The number of ether oxygens (including phenoxy) is 1. The molecule has 2 aromatic heterocycles. The zero-order chi connectivity index (χ0) is 26.0. The molecule has 9 nitrogen and oxygen atoms in total. The van der Waals surface area contributed by atoms with E-state index in [1.165, 1.54) is 10.9 Å². The number of aliphatic hydroxyl groups is 1. The summed E-state index contributed by atoms with van der Waals surface area (Å²) in [6.45, 7) is 6.17. The molecular formula is C27H34ClN5O4. The number of morpholine rings is 1. The van der Waals surface area contributed by atoms with E-state index in [0.29, 0.717) is 48.2 Å². The van der Waals surface area contributed by atoms with Gasteiger partial charge in [0.15, 0.2) is 5.65 Å². The van der Waals surface area contributed by atoms with Crippen LogP contribution in [0, 0.1) is 5.92 Å². The first-order valence-electron chi connectivity index (χ1n) is 13.0. The molecule has 3 fully saturated rings. The van der Waals surface area contributed by atoms with Crippen LogP contribution >= 0.6 is 11.6 Å². The van der Waals surface area contributed by atoms with Crippen molar-refractivity contribution >= 4 is 28.5 Å². The monoisotopic (exact) mass is 527 g/mol. The number of nitrogens with one attached hydrogen (secondary N) is 1. The highest BCUT2D eigenvalue weighted by molar-refractivity contribution is 6.31. The number of piperidine rings is 1. The molecule has 0 bridgehead atoms. The van der Waals surface area contributed by atoms with E-state index < -0.39 is 5.60 Å². The smallest absolute Gasteiger partial charge is 0.262 e. The van der Waals surface area contributed by atoms with Gasteiger partial charge in [0, 0.05) is 37.8 Å². The molecule has 1 aliphatic carbocycles. The van der Waals surface area contributed by atoms with Gasteiger partial charge in [-0.1, -0.05) is 29.8 Å². The molecule has 0 radical (unpaired) electrons. The van der Waals surface area contributed by atoms with Crippen molar-refractivity contribution in [3.8, 4) is 5.69 Å². The van der Waals surface area contributed by atoms with Crippen molar-refractivity contribution in [3.05, 3.63) is 58.2 Å². The van der Waals surface area contributed by atoms with Crippen molar-refractivity contribution in [2.75, 3.05) is 32.8 Å².